The number of halogens is 1. The summed E-state index contributed by atoms with van der Waals surface area (Å²) < 4.78 is 26.1. The average molecular weight is 494 g/mol. The maximum absolute atomic E-state index is 13.8. The zero-order chi connectivity index (χ0) is 25.7. The fraction of sp³-hybridized carbons (Fsp3) is 0.393. The Morgan fingerprint density at radius 1 is 1.19 bits per heavy atom. The van der Waals surface area contributed by atoms with Gasteiger partial charge in [-0.1, -0.05) is 12.1 Å². The van der Waals surface area contributed by atoms with Gasteiger partial charge in [0.25, 0.3) is 5.91 Å². The Bertz CT molecular complexity index is 1220. The zero-order valence-electron chi connectivity index (χ0n) is 21.0. The van der Waals surface area contributed by atoms with E-state index in [1.54, 1.807) is 23.1 Å². The number of esters is 1. The second-order valence-electron chi connectivity index (χ2n) is 9.13. The lowest BCUT2D eigenvalue weighted by Crippen LogP contribution is -2.37. The molecule has 8 heteroatoms. The molecule has 0 saturated carbocycles. The van der Waals surface area contributed by atoms with E-state index in [-0.39, 0.29) is 23.8 Å². The Morgan fingerprint density at radius 3 is 2.64 bits per heavy atom. The fourth-order valence-corrected chi connectivity index (χ4v) is 4.65. The number of nitrogens with zero attached hydrogens (tertiary/aromatic N) is 3. The Labute approximate surface area is 210 Å². The van der Waals surface area contributed by atoms with Crippen LogP contribution in [-0.4, -0.2) is 52.9 Å². The van der Waals surface area contributed by atoms with Crippen LogP contribution in [0.5, 0.6) is 0 Å². The summed E-state index contributed by atoms with van der Waals surface area (Å²) in [5, 5.41) is 4.64. The first-order chi connectivity index (χ1) is 17.4. The predicted octanol–water partition coefficient (Wildman–Crippen LogP) is 4.56. The number of benzene rings is 2. The first-order valence-electron chi connectivity index (χ1n) is 12.2. The summed E-state index contributed by atoms with van der Waals surface area (Å²) in [6, 6.07) is 13.6. The van der Waals surface area contributed by atoms with Gasteiger partial charge in [-0.15, -0.1) is 0 Å². The molecule has 1 aliphatic heterocycles. The van der Waals surface area contributed by atoms with E-state index in [0.717, 1.165) is 41.0 Å². The van der Waals surface area contributed by atoms with E-state index in [2.05, 4.69) is 5.10 Å². The van der Waals surface area contributed by atoms with Crippen LogP contribution in [0.2, 0.25) is 0 Å². The van der Waals surface area contributed by atoms with Gasteiger partial charge in [0, 0.05) is 37.4 Å². The van der Waals surface area contributed by atoms with Gasteiger partial charge in [0.05, 0.1) is 24.6 Å². The molecule has 1 saturated heterocycles. The second-order valence-corrected chi connectivity index (χ2v) is 9.13. The molecule has 0 spiro atoms. The van der Waals surface area contributed by atoms with Crippen LogP contribution in [0.4, 0.5) is 4.39 Å². The summed E-state index contributed by atoms with van der Waals surface area (Å²) in [7, 11) is 1.38. The standard InChI is InChI=1S/C28H32FN3O4/c1-19-26(13-14-27(33)35-3)20(2)32(30-19)24-11-9-22(10-12-24)28(34)31(18-25-8-5-15-36-25)17-21-6-4-7-23(29)16-21/h4,6-7,9-12,16,25H,5,8,13-15,17-18H2,1-3H3. The highest BCUT2D eigenvalue weighted by Gasteiger charge is 2.24. The lowest BCUT2D eigenvalue weighted by atomic mass is 10.1. The van der Waals surface area contributed by atoms with Crippen molar-refractivity contribution in [3.8, 4) is 5.69 Å². The SMILES string of the molecule is COC(=O)CCc1c(C)nn(-c2ccc(C(=O)N(Cc3cccc(F)c3)CC3CCCO3)cc2)c1C. The van der Waals surface area contributed by atoms with Gasteiger partial charge in [0.15, 0.2) is 0 Å². The Hall–Kier alpha value is -3.52. The molecule has 0 aliphatic carbocycles. The van der Waals surface area contributed by atoms with Crippen LogP contribution in [-0.2, 0) is 27.2 Å². The molecule has 1 amide bonds. The molecule has 0 bridgehead atoms. The lowest BCUT2D eigenvalue weighted by Gasteiger charge is -2.26. The van der Waals surface area contributed by atoms with Crippen molar-refractivity contribution in [1.82, 2.24) is 14.7 Å². The van der Waals surface area contributed by atoms with E-state index >= 15 is 0 Å². The van der Waals surface area contributed by atoms with Gasteiger partial charge in [-0.05, 0) is 80.6 Å². The van der Waals surface area contributed by atoms with E-state index in [9.17, 15) is 14.0 Å². The summed E-state index contributed by atoms with van der Waals surface area (Å²) in [6.45, 7) is 5.35. The molecule has 0 N–H and O–H groups in total. The number of ether oxygens (including phenoxy) is 2. The minimum Gasteiger partial charge on any atom is -0.469 e. The zero-order valence-corrected chi connectivity index (χ0v) is 21.0. The smallest absolute Gasteiger partial charge is 0.305 e. The van der Waals surface area contributed by atoms with E-state index in [1.165, 1.54) is 19.2 Å². The van der Waals surface area contributed by atoms with Crippen molar-refractivity contribution in [2.24, 2.45) is 0 Å². The topological polar surface area (TPSA) is 73.7 Å². The van der Waals surface area contributed by atoms with E-state index in [1.807, 2.05) is 36.7 Å². The number of aryl methyl sites for hydroxylation is 1. The van der Waals surface area contributed by atoms with Crippen molar-refractivity contribution in [3.05, 3.63) is 82.4 Å². The number of carbonyl (C=O) groups is 2. The van der Waals surface area contributed by atoms with Crippen LogP contribution in [0.1, 0.15) is 52.1 Å². The summed E-state index contributed by atoms with van der Waals surface area (Å²) in [6.07, 6.45) is 2.72. The molecule has 0 radical (unpaired) electrons. The maximum atomic E-state index is 13.8. The van der Waals surface area contributed by atoms with Crippen molar-refractivity contribution in [1.29, 1.82) is 0 Å². The third-order valence-corrected chi connectivity index (χ3v) is 6.60. The third-order valence-electron chi connectivity index (χ3n) is 6.60. The molecule has 36 heavy (non-hydrogen) atoms. The molecule has 190 valence electrons. The van der Waals surface area contributed by atoms with Gasteiger partial charge in [0.1, 0.15) is 5.82 Å². The van der Waals surface area contributed by atoms with Crippen LogP contribution in [0.15, 0.2) is 48.5 Å². The maximum Gasteiger partial charge on any atom is 0.305 e. The molecule has 1 aromatic heterocycles. The average Bonchev–Trinajstić information content (AvgIpc) is 3.49. The third kappa shape index (κ3) is 5.99. The monoisotopic (exact) mass is 493 g/mol. The summed E-state index contributed by atoms with van der Waals surface area (Å²) >= 11 is 0. The largest absolute Gasteiger partial charge is 0.469 e. The van der Waals surface area contributed by atoms with Gasteiger partial charge in [-0.25, -0.2) is 9.07 Å². The number of hydrogen-bond donors (Lipinski definition) is 0. The molecule has 1 atom stereocenters. The van der Waals surface area contributed by atoms with Crippen LogP contribution in [0.3, 0.4) is 0 Å². The minimum atomic E-state index is -0.322. The molecule has 7 nitrogen and oxygen atoms in total. The number of hydrogen-bond acceptors (Lipinski definition) is 5. The van der Waals surface area contributed by atoms with Crippen molar-refractivity contribution < 1.29 is 23.5 Å². The Morgan fingerprint density at radius 2 is 1.97 bits per heavy atom. The summed E-state index contributed by atoms with van der Waals surface area (Å²) in [5.41, 5.74) is 4.92. The van der Waals surface area contributed by atoms with Crippen molar-refractivity contribution >= 4 is 11.9 Å². The van der Waals surface area contributed by atoms with Gasteiger partial charge < -0.3 is 14.4 Å². The normalized spacial score (nSPS) is 15.2. The molecule has 2 heterocycles. The first kappa shape index (κ1) is 25.6. The van der Waals surface area contributed by atoms with Gasteiger partial charge in [0.2, 0.25) is 0 Å². The Balaban J connectivity index is 1.53. The highest BCUT2D eigenvalue weighted by molar-refractivity contribution is 5.94. The highest BCUT2D eigenvalue weighted by atomic mass is 19.1. The van der Waals surface area contributed by atoms with Gasteiger partial charge in [-0.2, -0.15) is 5.10 Å². The van der Waals surface area contributed by atoms with E-state index in [0.29, 0.717) is 38.1 Å². The summed E-state index contributed by atoms with van der Waals surface area (Å²) in [4.78, 5) is 26.8. The molecule has 1 fully saturated rings. The van der Waals surface area contributed by atoms with Crippen LogP contribution >= 0.6 is 0 Å². The highest BCUT2D eigenvalue weighted by Crippen LogP contribution is 2.22. The van der Waals surface area contributed by atoms with Gasteiger partial charge in [-0.3, -0.25) is 9.59 Å². The van der Waals surface area contributed by atoms with Crippen LogP contribution in [0, 0.1) is 19.7 Å². The molecule has 4 rings (SSSR count). The quantitative estimate of drug-likeness (QED) is 0.409. The molecule has 1 unspecified atom stereocenters. The van der Waals surface area contributed by atoms with Crippen molar-refractivity contribution in [2.75, 3.05) is 20.3 Å². The molecular weight excluding hydrogens is 461 g/mol. The number of carbonyl (C=O) groups excluding carboxylic acids is 2. The van der Waals surface area contributed by atoms with Crippen LogP contribution in [0.25, 0.3) is 5.69 Å². The second kappa shape index (κ2) is 11.5. The van der Waals surface area contributed by atoms with Crippen molar-refractivity contribution in [3.63, 3.8) is 0 Å². The summed E-state index contributed by atoms with van der Waals surface area (Å²) in [5.74, 6) is -0.708. The lowest BCUT2D eigenvalue weighted by molar-refractivity contribution is -0.140. The number of aromatic nitrogens is 2. The molecule has 2 aromatic carbocycles. The number of methoxy groups -OCH3 is 1. The van der Waals surface area contributed by atoms with E-state index in [4.69, 9.17) is 9.47 Å². The Kier molecular flexibility index (Phi) is 8.15. The molecular formula is C28H32FN3O4. The van der Waals surface area contributed by atoms with E-state index < -0.39 is 0 Å². The van der Waals surface area contributed by atoms with Gasteiger partial charge >= 0.3 is 5.97 Å². The first-order valence-corrected chi connectivity index (χ1v) is 12.2. The fourth-order valence-electron chi connectivity index (χ4n) is 4.65. The minimum absolute atomic E-state index is 0.0140. The number of amides is 1. The molecule has 1 aliphatic rings. The number of rotatable bonds is 9. The predicted molar refractivity (Wildman–Crippen MR) is 133 cm³/mol. The van der Waals surface area contributed by atoms with Crippen LogP contribution < -0.4 is 0 Å². The molecule has 3 aromatic rings. The van der Waals surface area contributed by atoms with Crippen molar-refractivity contribution in [2.45, 2.75) is 52.2 Å².